The van der Waals surface area contributed by atoms with Crippen molar-refractivity contribution in [1.29, 1.82) is 5.26 Å². The van der Waals surface area contributed by atoms with E-state index in [1.807, 2.05) is 18.2 Å². The molecule has 0 aliphatic rings. The SMILES string of the molecule is N#Cc1cccc(NCCCOCCO)c1. The molecule has 0 bridgehead atoms. The fourth-order valence-corrected chi connectivity index (χ4v) is 1.27. The highest BCUT2D eigenvalue weighted by Gasteiger charge is 1.94. The smallest absolute Gasteiger partial charge is 0.0992 e. The summed E-state index contributed by atoms with van der Waals surface area (Å²) in [6.07, 6.45) is 0.872. The first kappa shape index (κ1) is 12.5. The van der Waals surface area contributed by atoms with Gasteiger partial charge in [0.15, 0.2) is 0 Å². The lowest BCUT2D eigenvalue weighted by Gasteiger charge is -2.06. The fourth-order valence-electron chi connectivity index (χ4n) is 1.27. The Morgan fingerprint density at radius 2 is 2.25 bits per heavy atom. The Kier molecular flexibility index (Phi) is 6.00. The van der Waals surface area contributed by atoms with Crippen LogP contribution in [0.2, 0.25) is 0 Å². The fraction of sp³-hybridized carbons (Fsp3) is 0.417. The van der Waals surface area contributed by atoms with Crippen molar-refractivity contribution in [3.8, 4) is 6.07 Å². The molecule has 0 saturated heterocycles. The highest BCUT2D eigenvalue weighted by Crippen LogP contribution is 2.09. The van der Waals surface area contributed by atoms with Crippen LogP contribution in [0, 0.1) is 11.3 Å². The van der Waals surface area contributed by atoms with Crippen LogP contribution in [0.5, 0.6) is 0 Å². The Hall–Kier alpha value is -1.57. The van der Waals surface area contributed by atoms with Gasteiger partial charge >= 0.3 is 0 Å². The van der Waals surface area contributed by atoms with Crippen molar-refractivity contribution in [2.24, 2.45) is 0 Å². The summed E-state index contributed by atoms with van der Waals surface area (Å²) in [7, 11) is 0. The van der Waals surface area contributed by atoms with Gasteiger partial charge in [-0.3, -0.25) is 0 Å². The molecule has 0 unspecified atom stereocenters. The molecular weight excluding hydrogens is 204 g/mol. The number of aliphatic hydroxyl groups is 1. The van der Waals surface area contributed by atoms with Gasteiger partial charge in [0.1, 0.15) is 0 Å². The van der Waals surface area contributed by atoms with Gasteiger partial charge in [-0.25, -0.2) is 0 Å². The lowest BCUT2D eigenvalue weighted by molar-refractivity contribution is 0.0922. The maximum atomic E-state index is 8.71. The van der Waals surface area contributed by atoms with Crippen LogP contribution in [0.3, 0.4) is 0 Å². The normalized spacial score (nSPS) is 9.75. The lowest BCUT2D eigenvalue weighted by Crippen LogP contribution is -2.07. The van der Waals surface area contributed by atoms with Crippen LogP contribution >= 0.6 is 0 Å². The van der Waals surface area contributed by atoms with E-state index in [1.165, 1.54) is 0 Å². The summed E-state index contributed by atoms with van der Waals surface area (Å²) in [5.74, 6) is 0. The van der Waals surface area contributed by atoms with Gasteiger partial charge in [-0.15, -0.1) is 0 Å². The minimum absolute atomic E-state index is 0.0671. The first-order chi connectivity index (χ1) is 7.86. The van der Waals surface area contributed by atoms with Gasteiger partial charge in [0, 0.05) is 18.8 Å². The van der Waals surface area contributed by atoms with Crippen LogP contribution in [0.25, 0.3) is 0 Å². The Balaban J connectivity index is 2.19. The minimum Gasteiger partial charge on any atom is -0.394 e. The highest BCUT2D eigenvalue weighted by atomic mass is 16.5. The Labute approximate surface area is 95.5 Å². The molecule has 0 radical (unpaired) electrons. The van der Waals surface area contributed by atoms with Gasteiger partial charge in [-0.05, 0) is 24.6 Å². The maximum absolute atomic E-state index is 8.71. The number of nitrogens with zero attached hydrogens (tertiary/aromatic N) is 1. The summed E-state index contributed by atoms with van der Waals surface area (Å²) in [5, 5.41) is 20.4. The van der Waals surface area contributed by atoms with Crippen molar-refractivity contribution in [2.45, 2.75) is 6.42 Å². The summed E-state index contributed by atoms with van der Waals surface area (Å²) >= 11 is 0. The van der Waals surface area contributed by atoms with Gasteiger partial charge in [0.25, 0.3) is 0 Å². The Bertz CT molecular complexity index is 347. The molecule has 0 saturated carbocycles. The van der Waals surface area contributed by atoms with Crippen LogP contribution in [0.4, 0.5) is 5.69 Å². The van der Waals surface area contributed by atoms with E-state index < -0.39 is 0 Å². The second-order valence-corrected chi connectivity index (χ2v) is 3.31. The molecule has 16 heavy (non-hydrogen) atoms. The lowest BCUT2D eigenvalue weighted by atomic mass is 10.2. The third kappa shape index (κ3) is 4.78. The molecule has 0 fully saturated rings. The van der Waals surface area contributed by atoms with E-state index in [9.17, 15) is 0 Å². The molecule has 4 nitrogen and oxygen atoms in total. The molecule has 86 valence electrons. The standard InChI is InChI=1S/C12H16N2O2/c13-10-11-3-1-4-12(9-11)14-5-2-7-16-8-6-15/h1,3-4,9,14-15H,2,5-8H2. The quantitative estimate of drug-likeness (QED) is 0.681. The number of anilines is 1. The Morgan fingerprint density at radius 3 is 3.00 bits per heavy atom. The van der Waals surface area contributed by atoms with Gasteiger partial charge in [-0.2, -0.15) is 5.26 Å². The molecule has 0 atom stereocenters. The molecule has 1 aromatic rings. The largest absolute Gasteiger partial charge is 0.394 e. The first-order valence-corrected chi connectivity index (χ1v) is 5.29. The molecule has 0 amide bonds. The van der Waals surface area contributed by atoms with Crippen molar-refractivity contribution in [1.82, 2.24) is 0 Å². The number of nitriles is 1. The first-order valence-electron chi connectivity index (χ1n) is 5.29. The second kappa shape index (κ2) is 7.69. The molecule has 1 aromatic carbocycles. The van der Waals surface area contributed by atoms with Gasteiger partial charge in [0.2, 0.25) is 0 Å². The van der Waals surface area contributed by atoms with Crippen LogP contribution in [-0.4, -0.2) is 31.5 Å². The molecular formula is C12H16N2O2. The maximum Gasteiger partial charge on any atom is 0.0992 e. The highest BCUT2D eigenvalue weighted by molar-refractivity contribution is 5.48. The minimum atomic E-state index is 0.0671. The predicted octanol–water partition coefficient (Wildman–Crippen LogP) is 1.37. The van der Waals surface area contributed by atoms with E-state index in [-0.39, 0.29) is 6.61 Å². The molecule has 1 rings (SSSR count). The monoisotopic (exact) mass is 220 g/mol. The van der Waals surface area contributed by atoms with Crippen LogP contribution in [0.1, 0.15) is 12.0 Å². The average Bonchev–Trinajstić information content (AvgIpc) is 2.34. The topological polar surface area (TPSA) is 65.3 Å². The van der Waals surface area contributed by atoms with E-state index >= 15 is 0 Å². The molecule has 0 aromatic heterocycles. The summed E-state index contributed by atoms with van der Waals surface area (Å²) in [6.45, 7) is 1.88. The van der Waals surface area contributed by atoms with Crippen molar-refractivity contribution in [3.63, 3.8) is 0 Å². The zero-order valence-electron chi connectivity index (χ0n) is 9.15. The van der Waals surface area contributed by atoms with Gasteiger partial charge < -0.3 is 15.2 Å². The van der Waals surface area contributed by atoms with E-state index in [0.29, 0.717) is 18.8 Å². The van der Waals surface area contributed by atoms with Crippen molar-refractivity contribution in [2.75, 3.05) is 31.7 Å². The number of rotatable bonds is 7. The molecule has 2 N–H and O–H groups in total. The molecule has 0 spiro atoms. The third-order valence-electron chi connectivity index (χ3n) is 2.02. The van der Waals surface area contributed by atoms with Crippen LogP contribution in [-0.2, 0) is 4.74 Å². The van der Waals surface area contributed by atoms with E-state index in [1.54, 1.807) is 6.07 Å². The van der Waals surface area contributed by atoms with E-state index in [2.05, 4.69) is 11.4 Å². The number of nitrogens with one attached hydrogen (secondary N) is 1. The van der Waals surface area contributed by atoms with Crippen LogP contribution < -0.4 is 5.32 Å². The van der Waals surface area contributed by atoms with Crippen molar-refractivity contribution >= 4 is 5.69 Å². The summed E-state index contributed by atoms with van der Waals surface area (Å²) in [6, 6.07) is 9.46. The summed E-state index contributed by atoms with van der Waals surface area (Å²) < 4.78 is 5.12. The zero-order chi connectivity index (χ0) is 11.6. The number of benzene rings is 1. The van der Waals surface area contributed by atoms with Gasteiger partial charge in [0.05, 0.1) is 24.8 Å². The molecule has 0 aliphatic carbocycles. The average molecular weight is 220 g/mol. The number of hydrogen-bond acceptors (Lipinski definition) is 4. The molecule has 4 heteroatoms. The van der Waals surface area contributed by atoms with Crippen LogP contribution in [0.15, 0.2) is 24.3 Å². The third-order valence-corrected chi connectivity index (χ3v) is 2.02. The van der Waals surface area contributed by atoms with Gasteiger partial charge in [-0.1, -0.05) is 6.07 Å². The van der Waals surface area contributed by atoms with Crippen molar-refractivity contribution in [3.05, 3.63) is 29.8 Å². The zero-order valence-corrected chi connectivity index (χ0v) is 9.15. The number of ether oxygens (including phenoxy) is 1. The number of hydrogen-bond donors (Lipinski definition) is 2. The predicted molar refractivity (Wildman–Crippen MR) is 62.2 cm³/mol. The van der Waals surface area contributed by atoms with E-state index in [0.717, 1.165) is 18.7 Å². The summed E-state index contributed by atoms with van der Waals surface area (Å²) in [4.78, 5) is 0. The van der Waals surface area contributed by atoms with Crippen molar-refractivity contribution < 1.29 is 9.84 Å². The summed E-state index contributed by atoms with van der Waals surface area (Å²) in [5.41, 5.74) is 1.60. The Morgan fingerprint density at radius 1 is 1.38 bits per heavy atom. The number of aliphatic hydroxyl groups excluding tert-OH is 1. The van der Waals surface area contributed by atoms with E-state index in [4.69, 9.17) is 15.1 Å². The second-order valence-electron chi connectivity index (χ2n) is 3.31. The molecule has 0 aliphatic heterocycles. The molecule has 0 heterocycles.